The van der Waals surface area contributed by atoms with Crippen molar-refractivity contribution < 1.29 is 46.6 Å². The minimum atomic E-state index is -4.34. The second kappa shape index (κ2) is 7.13. The van der Waals surface area contributed by atoms with Crippen molar-refractivity contribution in [3.8, 4) is 0 Å². The van der Waals surface area contributed by atoms with Crippen LogP contribution in [0.15, 0.2) is 11.5 Å². The average Bonchev–Trinajstić information content (AvgIpc) is 2.34. The number of hydrogen-bond acceptors (Lipinski definition) is 10. The minimum absolute atomic E-state index is 0.510. The first kappa shape index (κ1) is 18.5. The van der Waals surface area contributed by atoms with E-state index in [0.29, 0.717) is 0 Å². The molecule has 0 fully saturated rings. The molecule has 0 bridgehead atoms. The molecular weight excluding hydrogens is 326 g/mol. The Morgan fingerprint density at radius 3 is 2.14 bits per heavy atom. The Morgan fingerprint density at radius 2 is 1.68 bits per heavy atom. The number of rotatable bonds is 5. The second-order valence-corrected chi connectivity index (χ2v) is 5.37. The SMILES string of the molecule is CC(=O)OC1=C(OC(C)=O)[C@@H](COS(N)(=O)=O)O[C@H](O)[C@@H]1O. The summed E-state index contributed by atoms with van der Waals surface area (Å²) in [6.45, 7) is 1.23. The molecule has 1 rings (SSSR count). The summed E-state index contributed by atoms with van der Waals surface area (Å²) < 4.78 is 40.2. The van der Waals surface area contributed by atoms with Crippen LogP contribution in [0.2, 0.25) is 0 Å². The third kappa shape index (κ3) is 5.32. The number of nitrogens with two attached hydrogens (primary N) is 1. The maximum atomic E-state index is 11.1. The highest BCUT2D eigenvalue weighted by Gasteiger charge is 2.41. The van der Waals surface area contributed by atoms with Crippen LogP contribution in [0.1, 0.15) is 13.8 Å². The van der Waals surface area contributed by atoms with Crippen LogP contribution < -0.4 is 5.14 Å². The van der Waals surface area contributed by atoms with Gasteiger partial charge in [0.25, 0.3) is 0 Å². The molecule has 3 atom stereocenters. The molecule has 0 saturated heterocycles. The molecule has 0 aliphatic carbocycles. The van der Waals surface area contributed by atoms with Gasteiger partial charge in [0.15, 0.2) is 23.9 Å². The van der Waals surface area contributed by atoms with Crippen LogP contribution in [-0.2, 0) is 38.3 Å². The fourth-order valence-electron chi connectivity index (χ4n) is 1.55. The normalized spacial score (nSPS) is 25.8. The lowest BCUT2D eigenvalue weighted by molar-refractivity contribution is -0.210. The predicted molar refractivity (Wildman–Crippen MR) is 66.5 cm³/mol. The lowest BCUT2D eigenvalue weighted by atomic mass is 10.1. The number of aliphatic hydroxyl groups excluding tert-OH is 2. The maximum Gasteiger partial charge on any atom is 0.333 e. The topological polar surface area (TPSA) is 172 Å². The molecule has 0 aromatic heterocycles. The number of hydrogen-bond donors (Lipinski definition) is 3. The summed E-state index contributed by atoms with van der Waals surface area (Å²) >= 11 is 0. The lowest BCUT2D eigenvalue weighted by Gasteiger charge is -2.32. The van der Waals surface area contributed by atoms with Gasteiger partial charge in [0.1, 0.15) is 12.7 Å². The van der Waals surface area contributed by atoms with Crippen LogP contribution in [-0.4, -0.2) is 55.7 Å². The molecule has 1 heterocycles. The molecule has 1 aliphatic heterocycles. The van der Waals surface area contributed by atoms with E-state index in [9.17, 15) is 28.2 Å². The molecule has 11 nitrogen and oxygen atoms in total. The van der Waals surface area contributed by atoms with Crippen molar-refractivity contribution >= 4 is 22.2 Å². The Kier molecular flexibility index (Phi) is 5.99. The quantitative estimate of drug-likeness (QED) is 0.458. The van der Waals surface area contributed by atoms with Gasteiger partial charge in [-0.05, 0) is 0 Å². The van der Waals surface area contributed by atoms with Crippen LogP contribution in [0, 0.1) is 0 Å². The largest absolute Gasteiger partial charge is 0.425 e. The van der Waals surface area contributed by atoms with Gasteiger partial charge >= 0.3 is 22.2 Å². The number of esters is 2. The Bertz CT molecular complexity index is 583. The zero-order valence-corrected chi connectivity index (χ0v) is 12.4. The van der Waals surface area contributed by atoms with Crippen molar-refractivity contribution in [1.29, 1.82) is 0 Å². The summed E-state index contributed by atoms with van der Waals surface area (Å²) in [6.07, 6.45) is -5.17. The zero-order valence-electron chi connectivity index (χ0n) is 11.6. The van der Waals surface area contributed by atoms with Crippen molar-refractivity contribution in [3.05, 3.63) is 11.5 Å². The highest BCUT2D eigenvalue weighted by atomic mass is 32.2. The maximum absolute atomic E-state index is 11.1. The third-order valence-corrected chi connectivity index (χ3v) is 2.73. The Morgan fingerprint density at radius 1 is 1.18 bits per heavy atom. The predicted octanol–water partition coefficient (Wildman–Crippen LogP) is -2.38. The Hall–Kier alpha value is -1.57. The van der Waals surface area contributed by atoms with Gasteiger partial charge in [-0.2, -0.15) is 8.42 Å². The molecule has 12 heteroatoms. The zero-order chi connectivity index (χ0) is 17.1. The van der Waals surface area contributed by atoms with Crippen LogP contribution in [0.4, 0.5) is 0 Å². The van der Waals surface area contributed by atoms with E-state index >= 15 is 0 Å². The highest BCUT2D eigenvalue weighted by Crippen LogP contribution is 2.28. The van der Waals surface area contributed by atoms with Gasteiger partial charge in [0.05, 0.1) is 0 Å². The second-order valence-electron chi connectivity index (χ2n) is 4.15. The van der Waals surface area contributed by atoms with Crippen molar-refractivity contribution in [3.63, 3.8) is 0 Å². The number of carbonyl (C=O) groups is 2. The summed E-state index contributed by atoms with van der Waals surface area (Å²) in [4.78, 5) is 22.1. The van der Waals surface area contributed by atoms with E-state index in [2.05, 4.69) is 14.1 Å². The standard InChI is InChI=1S/C10H15NO10S/c1-4(12)19-8-6(3-18-22(11,16)17)21-10(15)7(14)9(8)20-5(2)13/h6-7,10,14-15H,3H2,1-2H3,(H2,11,16,17)/t6-,7-,10+/m1/s1. The summed E-state index contributed by atoms with van der Waals surface area (Å²) in [6, 6.07) is 0. The van der Waals surface area contributed by atoms with Crippen molar-refractivity contribution in [2.24, 2.45) is 5.14 Å². The summed E-state index contributed by atoms with van der Waals surface area (Å²) in [5, 5.41) is 23.9. The van der Waals surface area contributed by atoms with Gasteiger partial charge in [-0.1, -0.05) is 0 Å². The molecule has 0 aromatic rings. The first-order valence-electron chi connectivity index (χ1n) is 5.81. The summed E-state index contributed by atoms with van der Waals surface area (Å²) in [5.74, 6) is -2.85. The Labute approximate surface area is 125 Å². The van der Waals surface area contributed by atoms with Crippen molar-refractivity contribution in [2.45, 2.75) is 32.3 Å². The van der Waals surface area contributed by atoms with Gasteiger partial charge in [-0.15, -0.1) is 0 Å². The van der Waals surface area contributed by atoms with E-state index in [1.807, 2.05) is 0 Å². The first-order valence-corrected chi connectivity index (χ1v) is 7.28. The molecule has 1 aliphatic rings. The molecule has 22 heavy (non-hydrogen) atoms. The summed E-state index contributed by atoms with van der Waals surface area (Å²) in [7, 11) is -4.34. The molecule has 0 unspecified atom stereocenters. The fraction of sp³-hybridized carbons (Fsp3) is 0.600. The third-order valence-electron chi connectivity index (χ3n) is 2.27. The number of aliphatic hydroxyl groups is 2. The molecule has 126 valence electrons. The number of ether oxygens (including phenoxy) is 3. The molecule has 4 N–H and O–H groups in total. The van der Waals surface area contributed by atoms with Crippen LogP contribution in [0.25, 0.3) is 0 Å². The lowest BCUT2D eigenvalue weighted by Crippen LogP contribution is -2.45. The molecule has 0 spiro atoms. The monoisotopic (exact) mass is 341 g/mol. The highest BCUT2D eigenvalue weighted by molar-refractivity contribution is 7.84. The van der Waals surface area contributed by atoms with Crippen LogP contribution in [0.5, 0.6) is 0 Å². The van der Waals surface area contributed by atoms with E-state index < -0.39 is 58.9 Å². The summed E-state index contributed by atoms with van der Waals surface area (Å²) in [5.41, 5.74) is 0. The van der Waals surface area contributed by atoms with Gasteiger partial charge in [-0.3, -0.25) is 13.8 Å². The van der Waals surface area contributed by atoms with E-state index in [1.165, 1.54) is 0 Å². The first-order chi connectivity index (χ1) is 10.0. The van der Waals surface area contributed by atoms with Crippen molar-refractivity contribution in [1.82, 2.24) is 0 Å². The van der Waals surface area contributed by atoms with E-state index in [0.717, 1.165) is 13.8 Å². The van der Waals surface area contributed by atoms with Crippen LogP contribution in [0.3, 0.4) is 0 Å². The average molecular weight is 341 g/mol. The van der Waals surface area contributed by atoms with E-state index in [-0.39, 0.29) is 0 Å². The molecule has 0 aromatic carbocycles. The number of carbonyl (C=O) groups excluding carboxylic acids is 2. The van der Waals surface area contributed by atoms with Gasteiger partial charge < -0.3 is 24.4 Å². The molecular formula is C10H15NO10S. The van der Waals surface area contributed by atoms with Crippen molar-refractivity contribution in [2.75, 3.05) is 6.61 Å². The van der Waals surface area contributed by atoms with Crippen LogP contribution >= 0.6 is 0 Å². The smallest absolute Gasteiger partial charge is 0.333 e. The van der Waals surface area contributed by atoms with E-state index in [4.69, 9.17) is 9.47 Å². The fourth-order valence-corrected chi connectivity index (χ4v) is 1.86. The van der Waals surface area contributed by atoms with Gasteiger partial charge in [0.2, 0.25) is 0 Å². The van der Waals surface area contributed by atoms with Gasteiger partial charge in [-0.25, -0.2) is 5.14 Å². The minimum Gasteiger partial charge on any atom is -0.425 e. The van der Waals surface area contributed by atoms with Gasteiger partial charge in [0, 0.05) is 13.8 Å². The molecule has 0 radical (unpaired) electrons. The molecule has 0 saturated carbocycles. The van der Waals surface area contributed by atoms with E-state index in [1.54, 1.807) is 0 Å². The Balaban J connectivity index is 3.18. The molecule has 0 amide bonds.